The van der Waals surface area contributed by atoms with Gasteiger partial charge in [0, 0.05) is 25.2 Å². The van der Waals surface area contributed by atoms with Gasteiger partial charge in [0.2, 0.25) is 0 Å². The van der Waals surface area contributed by atoms with Gasteiger partial charge in [0.05, 0.1) is 0 Å². The second-order valence-corrected chi connectivity index (χ2v) is 7.20. The first-order valence-electron chi connectivity index (χ1n) is 7.94. The van der Waals surface area contributed by atoms with E-state index in [0.29, 0.717) is 42.2 Å². The third-order valence-corrected chi connectivity index (χ3v) is 6.10. The van der Waals surface area contributed by atoms with Crippen LogP contribution in [0.3, 0.4) is 0 Å². The fourth-order valence-electron chi connectivity index (χ4n) is 4.64. The molecule has 0 N–H and O–H groups in total. The van der Waals surface area contributed by atoms with Gasteiger partial charge in [-0.3, -0.25) is 9.59 Å². The van der Waals surface area contributed by atoms with E-state index in [0.717, 1.165) is 25.7 Å². The predicted octanol–water partition coefficient (Wildman–Crippen LogP) is 4.02. The first-order valence-corrected chi connectivity index (χ1v) is 7.94. The highest BCUT2D eigenvalue weighted by molar-refractivity contribution is 5.86. The van der Waals surface area contributed by atoms with E-state index in [9.17, 15) is 9.59 Å². The maximum absolute atomic E-state index is 12.5. The Hall–Kier alpha value is -0.660. The van der Waals surface area contributed by atoms with E-state index in [1.807, 2.05) is 0 Å². The lowest BCUT2D eigenvalue weighted by atomic mass is 9.51. The summed E-state index contributed by atoms with van der Waals surface area (Å²) in [5.41, 5.74) is 0.203. The van der Waals surface area contributed by atoms with E-state index >= 15 is 0 Å². The Morgan fingerprint density at radius 3 is 2.63 bits per heavy atom. The molecule has 0 aromatic heterocycles. The van der Waals surface area contributed by atoms with Gasteiger partial charge >= 0.3 is 0 Å². The van der Waals surface area contributed by atoms with E-state index in [1.54, 1.807) is 0 Å². The van der Waals surface area contributed by atoms with Gasteiger partial charge in [-0.25, -0.2) is 0 Å². The summed E-state index contributed by atoms with van der Waals surface area (Å²) in [4.78, 5) is 24.2. The zero-order valence-corrected chi connectivity index (χ0v) is 12.9. The van der Waals surface area contributed by atoms with Crippen molar-refractivity contribution in [2.45, 2.75) is 66.2 Å². The highest BCUT2D eigenvalue weighted by Crippen LogP contribution is 2.55. The largest absolute Gasteiger partial charge is 0.300 e. The molecule has 0 aromatic rings. The quantitative estimate of drug-likeness (QED) is 0.771. The summed E-state index contributed by atoms with van der Waals surface area (Å²) in [6.45, 7) is 9.02. The third kappa shape index (κ3) is 2.51. The highest BCUT2D eigenvalue weighted by atomic mass is 16.1. The second-order valence-electron chi connectivity index (χ2n) is 7.20. The van der Waals surface area contributed by atoms with Crippen LogP contribution in [0.2, 0.25) is 0 Å². The molecule has 108 valence electrons. The van der Waals surface area contributed by atoms with E-state index in [2.05, 4.69) is 27.7 Å². The zero-order chi connectivity index (χ0) is 14.2. The van der Waals surface area contributed by atoms with Crippen molar-refractivity contribution in [1.29, 1.82) is 0 Å². The number of fused-ring (bicyclic) bond motifs is 1. The molecule has 2 heteroatoms. The molecule has 0 amide bonds. The Kier molecular flexibility index (Phi) is 4.17. The van der Waals surface area contributed by atoms with Crippen LogP contribution in [0, 0.1) is 29.1 Å². The minimum Gasteiger partial charge on any atom is -0.300 e. The number of hydrogen-bond acceptors (Lipinski definition) is 2. The summed E-state index contributed by atoms with van der Waals surface area (Å²) in [5, 5.41) is 0. The van der Waals surface area contributed by atoms with Crippen molar-refractivity contribution >= 4 is 11.6 Å². The van der Waals surface area contributed by atoms with Crippen LogP contribution in [0.1, 0.15) is 66.2 Å². The molecule has 2 nitrogen and oxygen atoms in total. The molecule has 0 bridgehead atoms. The summed E-state index contributed by atoms with van der Waals surface area (Å²) in [6, 6.07) is 0. The molecule has 0 radical (unpaired) electrons. The fraction of sp³-hybridized carbons (Fsp3) is 0.882. The fourth-order valence-corrected chi connectivity index (χ4v) is 4.64. The average molecular weight is 264 g/mol. The van der Waals surface area contributed by atoms with Crippen LogP contribution in [0.15, 0.2) is 0 Å². The number of carbonyl (C=O) groups is 2. The van der Waals surface area contributed by atoms with Crippen LogP contribution in [-0.2, 0) is 9.59 Å². The molecule has 19 heavy (non-hydrogen) atoms. The lowest BCUT2D eigenvalue weighted by Gasteiger charge is -2.52. The molecule has 0 aliphatic heterocycles. The van der Waals surface area contributed by atoms with Crippen molar-refractivity contribution in [2.24, 2.45) is 29.1 Å². The molecular weight excluding hydrogens is 236 g/mol. The Bertz CT molecular complexity index is 373. The molecular formula is C17H28O2. The third-order valence-electron chi connectivity index (χ3n) is 6.10. The monoisotopic (exact) mass is 264 g/mol. The van der Waals surface area contributed by atoms with Gasteiger partial charge in [0.15, 0.2) is 0 Å². The summed E-state index contributed by atoms with van der Waals surface area (Å²) < 4.78 is 0. The Morgan fingerprint density at radius 2 is 2.00 bits per heavy atom. The Morgan fingerprint density at radius 1 is 1.32 bits per heavy atom. The van der Waals surface area contributed by atoms with Gasteiger partial charge < -0.3 is 0 Å². The van der Waals surface area contributed by atoms with E-state index < -0.39 is 0 Å². The maximum Gasteiger partial charge on any atom is 0.136 e. The van der Waals surface area contributed by atoms with Gasteiger partial charge in [-0.1, -0.05) is 40.5 Å². The van der Waals surface area contributed by atoms with Crippen molar-refractivity contribution in [3.8, 4) is 0 Å². The van der Waals surface area contributed by atoms with E-state index in [-0.39, 0.29) is 11.3 Å². The average Bonchev–Trinajstić information content (AvgIpc) is 2.33. The van der Waals surface area contributed by atoms with Gasteiger partial charge in [-0.2, -0.15) is 0 Å². The molecule has 2 rings (SSSR count). The number of ketones is 2. The number of carbonyl (C=O) groups excluding carboxylic acids is 2. The normalized spacial score (nSPS) is 40.9. The molecule has 0 saturated heterocycles. The topological polar surface area (TPSA) is 34.1 Å². The first-order chi connectivity index (χ1) is 8.90. The van der Waals surface area contributed by atoms with Crippen LogP contribution >= 0.6 is 0 Å². The molecule has 0 spiro atoms. The minimum absolute atomic E-state index is 0.203. The number of hydrogen-bond donors (Lipinski definition) is 0. The second kappa shape index (κ2) is 5.38. The van der Waals surface area contributed by atoms with Crippen molar-refractivity contribution in [1.82, 2.24) is 0 Å². The van der Waals surface area contributed by atoms with Crippen molar-refractivity contribution in [3.63, 3.8) is 0 Å². The standard InChI is InChI=1S/C17H28O2/c1-5-6-11(2)16-12(3)17(4)8-7-14(18)9-13(17)10-15(16)19/h11-13,16H,5-10H2,1-4H3/t11-,12-,13?,16-,17+/m0/s1. The molecule has 2 saturated carbocycles. The summed E-state index contributed by atoms with van der Waals surface area (Å²) in [6.07, 6.45) is 5.28. The molecule has 0 aromatic carbocycles. The van der Waals surface area contributed by atoms with Gasteiger partial charge in [-0.15, -0.1) is 0 Å². The predicted molar refractivity (Wildman–Crippen MR) is 76.8 cm³/mol. The SMILES string of the molecule is CCC[C@H](C)[C@@H]1C(=O)CC2CC(=O)CC[C@]2(C)[C@H]1C. The maximum atomic E-state index is 12.5. The van der Waals surface area contributed by atoms with Gasteiger partial charge in [-0.05, 0) is 29.6 Å². The van der Waals surface area contributed by atoms with Gasteiger partial charge in [0.1, 0.15) is 11.6 Å². The smallest absolute Gasteiger partial charge is 0.136 e. The van der Waals surface area contributed by atoms with Crippen LogP contribution < -0.4 is 0 Å². The molecule has 2 fully saturated rings. The Balaban J connectivity index is 2.22. The van der Waals surface area contributed by atoms with Gasteiger partial charge in [0.25, 0.3) is 0 Å². The van der Waals surface area contributed by atoms with Crippen molar-refractivity contribution < 1.29 is 9.59 Å². The van der Waals surface area contributed by atoms with Crippen molar-refractivity contribution in [2.75, 3.05) is 0 Å². The lowest BCUT2D eigenvalue weighted by molar-refractivity contribution is -0.145. The zero-order valence-electron chi connectivity index (χ0n) is 12.9. The molecule has 0 heterocycles. The van der Waals surface area contributed by atoms with Crippen LogP contribution in [0.4, 0.5) is 0 Å². The van der Waals surface area contributed by atoms with E-state index in [4.69, 9.17) is 0 Å². The molecule has 2 aliphatic rings. The first kappa shape index (κ1) is 14.7. The molecule has 2 aliphatic carbocycles. The summed E-state index contributed by atoms with van der Waals surface area (Å²) in [5.74, 6) is 2.22. The van der Waals surface area contributed by atoms with Crippen LogP contribution in [0.25, 0.3) is 0 Å². The lowest BCUT2D eigenvalue weighted by Crippen LogP contribution is -2.51. The highest BCUT2D eigenvalue weighted by Gasteiger charge is 2.52. The van der Waals surface area contributed by atoms with Crippen LogP contribution in [0.5, 0.6) is 0 Å². The minimum atomic E-state index is 0.203. The Labute approximate surface area is 117 Å². The summed E-state index contributed by atoms with van der Waals surface area (Å²) >= 11 is 0. The van der Waals surface area contributed by atoms with Crippen molar-refractivity contribution in [3.05, 3.63) is 0 Å². The number of Topliss-reactive ketones (excluding diaryl/α,β-unsaturated/α-hetero) is 2. The molecule has 5 atom stereocenters. The van der Waals surface area contributed by atoms with E-state index in [1.165, 1.54) is 0 Å². The number of rotatable bonds is 3. The summed E-state index contributed by atoms with van der Waals surface area (Å²) in [7, 11) is 0. The molecule has 1 unspecified atom stereocenters. The van der Waals surface area contributed by atoms with Crippen LogP contribution in [-0.4, -0.2) is 11.6 Å².